The average molecular weight is 278 g/mol. The Kier molecular flexibility index (Phi) is 7.09. The van der Waals surface area contributed by atoms with Gasteiger partial charge >= 0.3 is 0 Å². The van der Waals surface area contributed by atoms with Crippen molar-refractivity contribution < 1.29 is 9.90 Å². The zero-order valence-electron chi connectivity index (χ0n) is 12.5. The molecule has 0 fully saturated rings. The molecule has 0 aliphatic carbocycles. The molecule has 4 N–H and O–H groups in total. The zero-order chi connectivity index (χ0) is 15.0. The van der Waals surface area contributed by atoms with E-state index in [1.165, 1.54) is 0 Å². The summed E-state index contributed by atoms with van der Waals surface area (Å²) in [6.07, 6.45) is 4.52. The molecular formula is C16H26N2O2. The van der Waals surface area contributed by atoms with Gasteiger partial charge in [0, 0.05) is 6.42 Å². The van der Waals surface area contributed by atoms with Crippen LogP contribution in [0, 0.1) is 12.8 Å². The van der Waals surface area contributed by atoms with Crippen molar-refractivity contribution in [3.8, 4) is 5.75 Å². The van der Waals surface area contributed by atoms with Crippen LogP contribution in [0.2, 0.25) is 0 Å². The first-order valence-electron chi connectivity index (χ1n) is 7.36. The highest BCUT2D eigenvalue weighted by molar-refractivity contribution is 5.92. The van der Waals surface area contributed by atoms with Gasteiger partial charge in [0.1, 0.15) is 5.75 Å². The molecule has 0 heterocycles. The first kappa shape index (κ1) is 16.5. The standard InChI is InChI=1S/C16H26N2O2/c1-3-4-13(9-10-17)6-8-16(20)18-14-11-12(2)5-7-15(14)19/h5,7,11,13,19H,3-4,6,8-10,17H2,1-2H3,(H,18,20). The van der Waals surface area contributed by atoms with E-state index >= 15 is 0 Å². The Morgan fingerprint density at radius 3 is 2.75 bits per heavy atom. The Morgan fingerprint density at radius 2 is 2.10 bits per heavy atom. The van der Waals surface area contributed by atoms with E-state index in [9.17, 15) is 9.90 Å². The maximum atomic E-state index is 11.9. The third-order valence-electron chi connectivity index (χ3n) is 3.48. The van der Waals surface area contributed by atoms with Gasteiger partial charge in [-0.15, -0.1) is 0 Å². The van der Waals surface area contributed by atoms with Crippen molar-refractivity contribution in [3.05, 3.63) is 23.8 Å². The van der Waals surface area contributed by atoms with Crippen LogP contribution >= 0.6 is 0 Å². The molecule has 1 aromatic rings. The molecule has 1 amide bonds. The normalized spacial score (nSPS) is 12.2. The van der Waals surface area contributed by atoms with E-state index in [4.69, 9.17) is 5.73 Å². The summed E-state index contributed by atoms with van der Waals surface area (Å²) in [7, 11) is 0. The van der Waals surface area contributed by atoms with Gasteiger partial charge in [0.05, 0.1) is 5.69 Å². The highest BCUT2D eigenvalue weighted by Crippen LogP contribution is 2.24. The molecule has 0 radical (unpaired) electrons. The lowest BCUT2D eigenvalue weighted by molar-refractivity contribution is -0.116. The number of carbonyl (C=O) groups excluding carboxylic acids is 1. The molecule has 4 nitrogen and oxygen atoms in total. The van der Waals surface area contributed by atoms with E-state index in [-0.39, 0.29) is 11.7 Å². The van der Waals surface area contributed by atoms with E-state index < -0.39 is 0 Å². The van der Waals surface area contributed by atoms with Crippen LogP contribution in [0.25, 0.3) is 0 Å². The Hall–Kier alpha value is -1.55. The van der Waals surface area contributed by atoms with Crippen LogP contribution in [-0.2, 0) is 4.79 Å². The van der Waals surface area contributed by atoms with Crippen LogP contribution in [0.5, 0.6) is 5.75 Å². The summed E-state index contributed by atoms with van der Waals surface area (Å²) in [5.74, 6) is 0.571. The van der Waals surface area contributed by atoms with E-state index in [0.717, 1.165) is 31.2 Å². The summed E-state index contributed by atoms with van der Waals surface area (Å²) in [6.45, 7) is 4.74. The minimum atomic E-state index is -0.0518. The Balaban J connectivity index is 2.48. The number of anilines is 1. The summed E-state index contributed by atoms with van der Waals surface area (Å²) >= 11 is 0. The molecule has 112 valence electrons. The molecule has 20 heavy (non-hydrogen) atoms. The van der Waals surface area contributed by atoms with Crippen molar-refractivity contribution in [3.63, 3.8) is 0 Å². The van der Waals surface area contributed by atoms with Gasteiger partial charge in [0.25, 0.3) is 0 Å². The smallest absolute Gasteiger partial charge is 0.224 e. The van der Waals surface area contributed by atoms with E-state index in [0.29, 0.717) is 24.6 Å². The van der Waals surface area contributed by atoms with Gasteiger partial charge in [0.15, 0.2) is 0 Å². The SMILES string of the molecule is CCCC(CCN)CCC(=O)Nc1cc(C)ccc1O. The van der Waals surface area contributed by atoms with Crippen molar-refractivity contribution in [1.82, 2.24) is 0 Å². The van der Waals surface area contributed by atoms with Crippen LogP contribution in [0.4, 0.5) is 5.69 Å². The second-order valence-electron chi connectivity index (χ2n) is 5.34. The second-order valence-corrected chi connectivity index (χ2v) is 5.34. The number of carbonyl (C=O) groups is 1. The van der Waals surface area contributed by atoms with Gasteiger partial charge in [0.2, 0.25) is 5.91 Å². The van der Waals surface area contributed by atoms with Crippen LogP contribution in [0.1, 0.15) is 44.6 Å². The minimum Gasteiger partial charge on any atom is -0.506 e. The Bertz CT molecular complexity index is 426. The fraction of sp³-hybridized carbons (Fsp3) is 0.562. The highest BCUT2D eigenvalue weighted by atomic mass is 16.3. The number of hydrogen-bond donors (Lipinski definition) is 3. The lowest BCUT2D eigenvalue weighted by atomic mass is 9.94. The lowest BCUT2D eigenvalue weighted by Crippen LogP contribution is -2.15. The zero-order valence-corrected chi connectivity index (χ0v) is 12.5. The molecule has 4 heteroatoms. The molecule has 0 aliphatic heterocycles. The molecular weight excluding hydrogens is 252 g/mol. The second kappa shape index (κ2) is 8.59. The molecule has 1 atom stereocenters. The topological polar surface area (TPSA) is 75.4 Å². The molecule has 1 unspecified atom stereocenters. The van der Waals surface area contributed by atoms with E-state index in [1.807, 2.05) is 13.0 Å². The van der Waals surface area contributed by atoms with Crippen molar-refractivity contribution in [2.24, 2.45) is 11.7 Å². The molecule has 0 saturated carbocycles. The maximum Gasteiger partial charge on any atom is 0.224 e. The summed E-state index contributed by atoms with van der Waals surface area (Å²) in [5.41, 5.74) is 7.08. The van der Waals surface area contributed by atoms with Gasteiger partial charge < -0.3 is 16.2 Å². The van der Waals surface area contributed by atoms with Crippen LogP contribution in [0.15, 0.2) is 18.2 Å². The van der Waals surface area contributed by atoms with Gasteiger partial charge in [-0.25, -0.2) is 0 Å². The van der Waals surface area contributed by atoms with E-state index in [2.05, 4.69) is 12.2 Å². The van der Waals surface area contributed by atoms with Crippen molar-refractivity contribution in [2.45, 2.75) is 46.0 Å². The number of aryl methyl sites for hydroxylation is 1. The maximum absolute atomic E-state index is 11.9. The van der Waals surface area contributed by atoms with Crippen molar-refractivity contribution in [1.29, 1.82) is 0 Å². The number of phenols is 1. The van der Waals surface area contributed by atoms with Crippen molar-refractivity contribution >= 4 is 11.6 Å². The van der Waals surface area contributed by atoms with Crippen molar-refractivity contribution in [2.75, 3.05) is 11.9 Å². The number of nitrogens with two attached hydrogens (primary N) is 1. The first-order chi connectivity index (χ1) is 9.56. The molecule has 0 aliphatic rings. The summed E-state index contributed by atoms with van der Waals surface area (Å²) in [4.78, 5) is 11.9. The number of nitrogens with one attached hydrogen (secondary N) is 1. The largest absolute Gasteiger partial charge is 0.506 e. The first-order valence-corrected chi connectivity index (χ1v) is 7.36. The predicted octanol–water partition coefficient (Wildman–Crippen LogP) is 3.18. The molecule has 0 aromatic heterocycles. The summed E-state index contributed by atoms with van der Waals surface area (Å²) in [5, 5.41) is 12.5. The summed E-state index contributed by atoms with van der Waals surface area (Å²) < 4.78 is 0. The third kappa shape index (κ3) is 5.61. The minimum absolute atomic E-state index is 0.0518. The molecule has 1 rings (SSSR count). The van der Waals surface area contributed by atoms with E-state index in [1.54, 1.807) is 12.1 Å². The molecule has 0 bridgehead atoms. The quantitative estimate of drug-likeness (QED) is 0.639. The predicted molar refractivity (Wildman–Crippen MR) is 82.8 cm³/mol. The number of phenolic OH excluding ortho intramolecular Hbond substituents is 1. The molecule has 1 aromatic carbocycles. The average Bonchev–Trinajstić information content (AvgIpc) is 2.41. The fourth-order valence-corrected chi connectivity index (χ4v) is 2.37. The van der Waals surface area contributed by atoms with Crippen LogP contribution in [-0.4, -0.2) is 17.6 Å². The number of benzene rings is 1. The Labute approximate surface area is 121 Å². The third-order valence-corrected chi connectivity index (χ3v) is 3.48. The van der Waals surface area contributed by atoms with Crippen LogP contribution < -0.4 is 11.1 Å². The lowest BCUT2D eigenvalue weighted by Gasteiger charge is -2.15. The monoisotopic (exact) mass is 278 g/mol. The van der Waals surface area contributed by atoms with Crippen LogP contribution in [0.3, 0.4) is 0 Å². The van der Waals surface area contributed by atoms with Gasteiger partial charge in [-0.1, -0.05) is 25.8 Å². The fourth-order valence-electron chi connectivity index (χ4n) is 2.37. The molecule has 0 saturated heterocycles. The number of amides is 1. The van der Waals surface area contributed by atoms with Gasteiger partial charge in [-0.05, 0) is 49.9 Å². The van der Waals surface area contributed by atoms with Gasteiger partial charge in [-0.2, -0.15) is 0 Å². The molecule has 0 spiro atoms. The number of rotatable bonds is 8. The number of hydrogen-bond acceptors (Lipinski definition) is 3. The van der Waals surface area contributed by atoms with Gasteiger partial charge in [-0.3, -0.25) is 4.79 Å². The highest BCUT2D eigenvalue weighted by Gasteiger charge is 2.11. The Morgan fingerprint density at radius 1 is 1.35 bits per heavy atom. The number of aromatic hydroxyl groups is 1. The summed E-state index contributed by atoms with van der Waals surface area (Å²) in [6, 6.07) is 5.18.